The molecule has 1 amide bonds. The van der Waals surface area contributed by atoms with Crippen molar-refractivity contribution in [1.82, 2.24) is 25.5 Å². The van der Waals surface area contributed by atoms with Gasteiger partial charge in [0, 0.05) is 5.56 Å². The van der Waals surface area contributed by atoms with Gasteiger partial charge in [-0.1, -0.05) is 42.5 Å². The van der Waals surface area contributed by atoms with Crippen LogP contribution in [0.25, 0.3) is 22.2 Å². The Balaban J connectivity index is 1.46. The molecule has 1 aromatic heterocycles. The number of fused-ring (bicyclic) bond motifs is 1. The molecule has 8 nitrogen and oxygen atoms in total. The van der Waals surface area contributed by atoms with E-state index in [2.05, 4.69) is 38.9 Å². The highest BCUT2D eigenvalue weighted by Gasteiger charge is 2.15. The maximum atomic E-state index is 12.6. The molecule has 0 aliphatic carbocycles. The Morgan fingerprint density at radius 3 is 2.61 bits per heavy atom. The predicted octanol–water partition coefficient (Wildman–Crippen LogP) is 3.39. The lowest BCUT2D eigenvalue weighted by Crippen LogP contribution is -2.31. The summed E-state index contributed by atoms with van der Waals surface area (Å²) in [5, 5.41) is 17.6. The van der Waals surface area contributed by atoms with Gasteiger partial charge in [-0.05, 0) is 46.7 Å². The van der Waals surface area contributed by atoms with Crippen LogP contribution in [0.4, 0.5) is 0 Å². The average Bonchev–Trinajstić information content (AvgIpc) is 3.26. The average molecular weight is 417 g/mol. The van der Waals surface area contributed by atoms with Crippen LogP contribution in [0.3, 0.4) is 0 Å². The van der Waals surface area contributed by atoms with Crippen LogP contribution in [0, 0.1) is 0 Å². The van der Waals surface area contributed by atoms with Crippen molar-refractivity contribution in [2.45, 2.75) is 19.5 Å². The fourth-order valence-corrected chi connectivity index (χ4v) is 3.52. The van der Waals surface area contributed by atoms with Gasteiger partial charge in [0.15, 0.2) is 11.5 Å². The van der Waals surface area contributed by atoms with Crippen molar-refractivity contribution in [3.63, 3.8) is 0 Å². The molecule has 1 unspecified atom stereocenters. The quantitative estimate of drug-likeness (QED) is 0.496. The zero-order valence-corrected chi connectivity index (χ0v) is 17.6. The van der Waals surface area contributed by atoms with Crippen LogP contribution >= 0.6 is 0 Å². The van der Waals surface area contributed by atoms with E-state index in [4.69, 9.17) is 9.47 Å². The van der Waals surface area contributed by atoms with Crippen molar-refractivity contribution in [3.8, 4) is 22.9 Å². The number of aromatic nitrogens is 4. The summed E-state index contributed by atoms with van der Waals surface area (Å²) in [4.78, 5) is 13.9. The van der Waals surface area contributed by atoms with Crippen molar-refractivity contribution in [2.75, 3.05) is 14.2 Å². The number of nitrogens with one attached hydrogen (secondary N) is 1. The van der Waals surface area contributed by atoms with Gasteiger partial charge < -0.3 is 14.8 Å². The number of hydrogen-bond donors (Lipinski definition) is 1. The largest absolute Gasteiger partial charge is 0.493 e. The van der Waals surface area contributed by atoms with Crippen molar-refractivity contribution >= 4 is 16.7 Å². The highest BCUT2D eigenvalue weighted by Crippen LogP contribution is 2.30. The molecule has 0 spiro atoms. The number of tetrazole rings is 1. The van der Waals surface area contributed by atoms with E-state index in [1.54, 1.807) is 26.4 Å². The van der Waals surface area contributed by atoms with Crippen molar-refractivity contribution in [1.29, 1.82) is 0 Å². The molecule has 0 fully saturated rings. The fraction of sp³-hybridized carbons (Fsp3) is 0.217. The van der Waals surface area contributed by atoms with E-state index in [0.717, 1.165) is 16.3 Å². The first kappa shape index (κ1) is 20.3. The van der Waals surface area contributed by atoms with E-state index in [-0.39, 0.29) is 18.5 Å². The molecule has 0 saturated heterocycles. The molecule has 0 aliphatic rings. The molecule has 1 atom stereocenters. The third kappa shape index (κ3) is 4.32. The van der Waals surface area contributed by atoms with E-state index < -0.39 is 0 Å². The Morgan fingerprint density at radius 1 is 1.03 bits per heavy atom. The number of benzene rings is 3. The molecular formula is C23H23N5O3. The number of nitrogens with zero attached hydrogens (tertiary/aromatic N) is 4. The van der Waals surface area contributed by atoms with E-state index >= 15 is 0 Å². The lowest BCUT2D eigenvalue weighted by atomic mass is 10.00. The van der Waals surface area contributed by atoms with E-state index in [9.17, 15) is 4.79 Å². The summed E-state index contributed by atoms with van der Waals surface area (Å²) in [5.74, 6) is 1.38. The molecule has 31 heavy (non-hydrogen) atoms. The van der Waals surface area contributed by atoms with E-state index in [1.807, 2.05) is 37.3 Å². The van der Waals surface area contributed by atoms with Gasteiger partial charge in [-0.25, -0.2) is 0 Å². The lowest BCUT2D eigenvalue weighted by molar-refractivity contribution is -0.122. The molecule has 3 aromatic carbocycles. The summed E-state index contributed by atoms with van der Waals surface area (Å²) in [6, 6.07) is 19.4. The number of carbonyl (C=O) groups excluding carboxylic acids is 1. The second kappa shape index (κ2) is 8.83. The molecule has 158 valence electrons. The number of hydrogen-bond acceptors (Lipinski definition) is 6. The van der Waals surface area contributed by atoms with Crippen LogP contribution in [-0.2, 0) is 11.3 Å². The van der Waals surface area contributed by atoms with Crippen LogP contribution in [0.1, 0.15) is 18.5 Å². The Labute approximate surface area is 179 Å². The van der Waals surface area contributed by atoms with Gasteiger partial charge >= 0.3 is 0 Å². The van der Waals surface area contributed by atoms with Gasteiger partial charge in [-0.2, -0.15) is 4.80 Å². The Kier molecular flexibility index (Phi) is 5.79. The first-order valence-corrected chi connectivity index (χ1v) is 9.86. The fourth-order valence-electron chi connectivity index (χ4n) is 3.52. The third-order valence-electron chi connectivity index (χ3n) is 5.05. The van der Waals surface area contributed by atoms with E-state index in [1.165, 1.54) is 4.80 Å². The predicted molar refractivity (Wildman–Crippen MR) is 117 cm³/mol. The second-order valence-corrected chi connectivity index (χ2v) is 7.07. The zero-order chi connectivity index (χ0) is 21.8. The minimum atomic E-state index is -0.198. The Morgan fingerprint density at radius 2 is 1.81 bits per heavy atom. The smallest absolute Gasteiger partial charge is 0.244 e. The summed E-state index contributed by atoms with van der Waals surface area (Å²) in [5.41, 5.74) is 1.78. The third-order valence-corrected chi connectivity index (χ3v) is 5.05. The molecule has 4 aromatic rings. The lowest BCUT2D eigenvalue weighted by Gasteiger charge is -2.16. The zero-order valence-electron chi connectivity index (χ0n) is 17.6. The number of methoxy groups -OCH3 is 2. The molecule has 1 N–H and O–H groups in total. The minimum absolute atomic E-state index is 0.0323. The molecule has 0 aliphatic heterocycles. The van der Waals surface area contributed by atoms with Gasteiger partial charge in [-0.3, -0.25) is 4.79 Å². The first-order valence-electron chi connectivity index (χ1n) is 9.86. The monoisotopic (exact) mass is 417 g/mol. The Hall–Kier alpha value is -3.94. The molecule has 0 saturated carbocycles. The SMILES string of the molecule is COc1ccc(-c2nnn(CC(=O)NC(C)c3cccc4ccccc34)n2)cc1OC. The number of carbonyl (C=O) groups is 1. The van der Waals surface area contributed by atoms with Crippen molar-refractivity contribution < 1.29 is 14.3 Å². The molecule has 0 radical (unpaired) electrons. The number of ether oxygens (including phenoxy) is 2. The Bertz CT molecular complexity index is 1220. The minimum Gasteiger partial charge on any atom is -0.493 e. The van der Waals surface area contributed by atoms with Gasteiger partial charge in [0.1, 0.15) is 6.54 Å². The van der Waals surface area contributed by atoms with Crippen LogP contribution in [0.2, 0.25) is 0 Å². The van der Waals surface area contributed by atoms with Gasteiger partial charge in [0.25, 0.3) is 0 Å². The van der Waals surface area contributed by atoms with Crippen LogP contribution in [-0.4, -0.2) is 40.3 Å². The summed E-state index contributed by atoms with van der Waals surface area (Å²) >= 11 is 0. The maximum absolute atomic E-state index is 12.6. The van der Waals surface area contributed by atoms with Gasteiger partial charge in [-0.15, -0.1) is 10.2 Å². The van der Waals surface area contributed by atoms with Crippen LogP contribution in [0.5, 0.6) is 11.5 Å². The van der Waals surface area contributed by atoms with Crippen LogP contribution < -0.4 is 14.8 Å². The number of amides is 1. The number of rotatable bonds is 7. The molecular weight excluding hydrogens is 394 g/mol. The summed E-state index contributed by atoms with van der Waals surface area (Å²) in [6.07, 6.45) is 0. The normalized spacial score (nSPS) is 11.8. The van der Waals surface area contributed by atoms with Gasteiger partial charge in [0.2, 0.25) is 11.7 Å². The topological polar surface area (TPSA) is 91.2 Å². The van der Waals surface area contributed by atoms with Crippen molar-refractivity contribution in [3.05, 3.63) is 66.2 Å². The van der Waals surface area contributed by atoms with Crippen LogP contribution in [0.15, 0.2) is 60.7 Å². The maximum Gasteiger partial charge on any atom is 0.244 e. The molecule has 4 rings (SSSR count). The summed E-state index contributed by atoms with van der Waals surface area (Å²) in [7, 11) is 3.14. The highest BCUT2D eigenvalue weighted by molar-refractivity contribution is 5.86. The molecule has 0 bridgehead atoms. The molecule has 8 heteroatoms. The van der Waals surface area contributed by atoms with E-state index in [0.29, 0.717) is 22.9 Å². The van der Waals surface area contributed by atoms with Crippen molar-refractivity contribution in [2.24, 2.45) is 0 Å². The molecule has 1 heterocycles. The standard InChI is InChI=1S/C23H23N5O3/c1-15(18-10-6-8-16-7-4-5-9-19(16)18)24-22(29)14-28-26-23(25-27-28)17-11-12-20(30-2)21(13-17)31-3/h4-13,15H,14H2,1-3H3,(H,24,29). The summed E-state index contributed by atoms with van der Waals surface area (Å²) in [6.45, 7) is 1.93. The highest BCUT2D eigenvalue weighted by atomic mass is 16.5. The van der Waals surface area contributed by atoms with Gasteiger partial charge in [0.05, 0.1) is 20.3 Å². The first-order chi connectivity index (χ1) is 15.1. The second-order valence-electron chi connectivity index (χ2n) is 7.07. The summed E-state index contributed by atoms with van der Waals surface area (Å²) < 4.78 is 10.6.